The standard InChI is InChI=1S/C91H134N10O24/c1-58-14-10-9-11-15-59(2)76(112-7)54-70-23-17-60(3)84(107)91(111,125-70)88(109)101-30-13-12-16-72(101)87(108)122-69(53-73(102)61(4)49-63(6)82(105)83(106)81(104)62(5)48-58)24-19-64-20-25-75(77(51-64)113-8)124-90(110)95-29-33-115-35-37-117-39-41-119-43-45-121-47-46-120-44-42-118-40-38-116-36-34-114-32-28-78(103)100-31-27-66-50-65(18-21-68(66)56-100)55-96-86-79(85(93)97-57-98-86)80(92)67-22-26-74-71(52-67)99-89(94)123-74/h9-11,14-15,18,21-22,26,49-50,52,57-58,60-62,64,69-70,72-73,75-77,82-83,92,102,105-106,111H,12-13,16-17,19-20,23-25,27-48,51,53-56H2,1-8H3,(H2,94,99)(H,95,110)(H3,93,96,97,98)/b11-9+,14-10+,59-15+,63-49+,92-80?/t58-,60-,61-,62-,64-,69-,70?,72+,73-,75-,76+,77-,82-,83+,91?/m1/s1. The van der Waals surface area contributed by atoms with E-state index in [0.29, 0.717) is 205 Å². The number of nitrogens with two attached hydrogens (primary N) is 2. The molecule has 0 spiro atoms. The van der Waals surface area contributed by atoms with Crippen LogP contribution in [0.1, 0.15) is 159 Å². The molecule has 2 aromatic carbocycles. The first kappa shape index (κ1) is 100. The number of carbonyl (C=O) groups is 6. The fourth-order valence-electron chi connectivity index (χ4n) is 16.3. The lowest BCUT2D eigenvalue weighted by Crippen LogP contribution is -2.62. The van der Waals surface area contributed by atoms with Crippen LogP contribution in [-0.2, 0) is 105 Å². The zero-order valence-corrected chi connectivity index (χ0v) is 73.9. The van der Waals surface area contributed by atoms with Gasteiger partial charge in [0.05, 0.1) is 148 Å². The minimum atomic E-state index is -2.90. The Balaban J connectivity index is 0.587. The van der Waals surface area contributed by atoms with Gasteiger partial charge in [0.2, 0.25) is 11.7 Å². The van der Waals surface area contributed by atoms with Crippen LogP contribution < -0.4 is 22.1 Å². The normalized spacial score (nSPS) is 27.4. The molecule has 2 bridgehead atoms. The van der Waals surface area contributed by atoms with Gasteiger partial charge < -0.3 is 118 Å². The van der Waals surface area contributed by atoms with Crippen LogP contribution in [0, 0.1) is 35.0 Å². The number of anilines is 3. The van der Waals surface area contributed by atoms with Crippen molar-refractivity contribution in [3.63, 3.8) is 0 Å². The highest BCUT2D eigenvalue weighted by Gasteiger charge is 2.55. The first-order chi connectivity index (χ1) is 60.2. The summed E-state index contributed by atoms with van der Waals surface area (Å²) in [6, 6.07) is 10.2. The molecule has 0 radical (unpaired) electrons. The van der Waals surface area contributed by atoms with Gasteiger partial charge in [-0.05, 0) is 149 Å². The average Bonchev–Trinajstić information content (AvgIpc) is 1.78. The van der Waals surface area contributed by atoms with Gasteiger partial charge in [0, 0.05) is 83.1 Å². The van der Waals surface area contributed by atoms with Crippen LogP contribution in [0.25, 0.3) is 11.1 Å². The number of allylic oxidation sites excluding steroid dienone is 5. The number of oxazole rings is 1. The van der Waals surface area contributed by atoms with E-state index < -0.39 is 108 Å². The number of hydrogen-bond donors (Lipinski definition) is 9. The van der Waals surface area contributed by atoms with E-state index in [2.05, 4.69) is 31.7 Å². The summed E-state index contributed by atoms with van der Waals surface area (Å²) in [5.74, 6) is -7.48. The molecule has 1 saturated carbocycles. The van der Waals surface area contributed by atoms with Crippen LogP contribution in [0.15, 0.2) is 94.7 Å². The summed E-state index contributed by atoms with van der Waals surface area (Å²) in [6.45, 7) is 18.0. The molecule has 2 aromatic heterocycles. The Morgan fingerprint density at radius 2 is 1.35 bits per heavy atom. The second-order valence-electron chi connectivity index (χ2n) is 33.1. The average molecular weight is 1750 g/mol. The van der Waals surface area contributed by atoms with Gasteiger partial charge in [-0.2, -0.15) is 4.98 Å². The second kappa shape index (κ2) is 52.0. The molecule has 1 aliphatic carbocycles. The number of cyclic esters (lactones) is 1. The van der Waals surface area contributed by atoms with Gasteiger partial charge in [-0.15, -0.1) is 0 Å². The molecule has 2 saturated heterocycles. The smallest absolute Gasteiger partial charge is 0.407 e. The number of nitrogens with zero attached hydrogens (tertiary/aromatic N) is 5. The van der Waals surface area contributed by atoms with Gasteiger partial charge in [-0.25, -0.2) is 19.6 Å². The molecule has 2 unspecified atom stereocenters. The van der Waals surface area contributed by atoms with Crippen LogP contribution in [-0.4, -0.2) is 287 Å². The number of amides is 3. The van der Waals surface area contributed by atoms with Crippen molar-refractivity contribution in [3.05, 3.63) is 118 Å². The molecule has 125 heavy (non-hydrogen) atoms. The number of piperidine rings is 1. The van der Waals surface area contributed by atoms with Crippen molar-refractivity contribution in [2.75, 3.05) is 156 Å². The fourth-order valence-corrected chi connectivity index (χ4v) is 16.3. The van der Waals surface area contributed by atoms with Gasteiger partial charge in [0.25, 0.3) is 11.9 Å². The number of aliphatic hydroxyl groups excluding tert-OH is 3. The summed E-state index contributed by atoms with van der Waals surface area (Å²) < 4.78 is 80.6. The second-order valence-corrected chi connectivity index (χ2v) is 33.1. The van der Waals surface area contributed by atoms with Crippen molar-refractivity contribution in [2.45, 2.75) is 212 Å². The van der Waals surface area contributed by atoms with E-state index in [1.807, 2.05) is 61.3 Å². The third kappa shape index (κ3) is 31.1. The van der Waals surface area contributed by atoms with E-state index in [0.717, 1.165) is 23.1 Å². The predicted octanol–water partition coefficient (Wildman–Crippen LogP) is 8.04. The monoisotopic (exact) mass is 1750 g/mol. The Morgan fingerprint density at radius 1 is 0.680 bits per heavy atom. The molecule has 4 aliphatic heterocycles. The van der Waals surface area contributed by atoms with E-state index in [4.69, 9.17) is 82.9 Å². The summed E-state index contributed by atoms with van der Waals surface area (Å²) in [5, 5.41) is 61.7. The number of aromatic nitrogens is 3. The zero-order chi connectivity index (χ0) is 89.8. The van der Waals surface area contributed by atoms with Crippen LogP contribution in [0.2, 0.25) is 0 Å². The summed E-state index contributed by atoms with van der Waals surface area (Å²) in [6.07, 6.45) is 9.75. The largest absolute Gasteiger partial charge is 0.461 e. The maximum absolute atomic E-state index is 14.8. The number of ether oxygens (including phenoxy) is 13. The molecule has 5 aliphatic rings. The number of nitrogens with one attached hydrogen (secondary N) is 3. The first-order valence-corrected chi connectivity index (χ1v) is 44.1. The molecule has 9 rings (SSSR count). The van der Waals surface area contributed by atoms with Crippen molar-refractivity contribution >= 4 is 69.9 Å². The Morgan fingerprint density at radius 3 is 2.02 bits per heavy atom. The minimum Gasteiger partial charge on any atom is -0.461 e. The third-order valence-electron chi connectivity index (χ3n) is 23.6. The van der Waals surface area contributed by atoms with Gasteiger partial charge in [-0.1, -0.05) is 82.4 Å². The van der Waals surface area contributed by atoms with Crippen molar-refractivity contribution in [1.29, 1.82) is 5.41 Å². The van der Waals surface area contributed by atoms with E-state index in [1.165, 1.54) is 16.8 Å². The number of esters is 1. The number of rotatable bonds is 38. The molecule has 15 atom stereocenters. The number of methoxy groups -OCH3 is 2. The Labute approximate surface area is 733 Å². The van der Waals surface area contributed by atoms with Gasteiger partial charge in [0.15, 0.2) is 11.4 Å². The molecule has 4 aromatic rings. The highest BCUT2D eigenvalue weighted by atomic mass is 16.6. The van der Waals surface area contributed by atoms with Crippen molar-refractivity contribution in [1.82, 2.24) is 30.1 Å². The van der Waals surface area contributed by atoms with Crippen LogP contribution in [0.4, 0.5) is 22.4 Å². The van der Waals surface area contributed by atoms with E-state index >= 15 is 0 Å². The molecule has 3 amide bonds. The van der Waals surface area contributed by atoms with E-state index in [-0.39, 0.29) is 92.7 Å². The molecule has 34 nitrogen and oxygen atoms in total. The molecule has 6 heterocycles. The number of carbonyl (C=O) groups excluding carboxylic acids is 6. The molecule has 3 fully saturated rings. The molecular formula is C91H134N10O24. The van der Waals surface area contributed by atoms with Gasteiger partial charge in [-0.3, -0.25) is 24.6 Å². The number of alkyl carbamates (subject to hydrolysis) is 1. The summed E-state index contributed by atoms with van der Waals surface area (Å²) in [7, 11) is 3.10. The van der Waals surface area contributed by atoms with Crippen molar-refractivity contribution in [3.8, 4) is 0 Å². The molecule has 11 N–H and O–H groups in total. The first-order valence-electron chi connectivity index (χ1n) is 44.1. The van der Waals surface area contributed by atoms with Crippen LogP contribution >= 0.6 is 0 Å². The highest BCUT2D eigenvalue weighted by molar-refractivity contribution is 6.17. The summed E-state index contributed by atoms with van der Waals surface area (Å²) in [5.41, 5.74) is 18.4. The Kier molecular flexibility index (Phi) is 41.7. The molecular weight excluding hydrogens is 1620 g/mol. The molecule has 692 valence electrons. The van der Waals surface area contributed by atoms with Gasteiger partial charge >= 0.3 is 17.8 Å². The van der Waals surface area contributed by atoms with Crippen LogP contribution in [0.3, 0.4) is 0 Å². The summed E-state index contributed by atoms with van der Waals surface area (Å²) in [4.78, 5) is 99.2. The van der Waals surface area contributed by atoms with Crippen LogP contribution in [0.5, 0.6) is 0 Å². The van der Waals surface area contributed by atoms with E-state index in [1.54, 1.807) is 66.2 Å². The maximum atomic E-state index is 14.8. The summed E-state index contributed by atoms with van der Waals surface area (Å²) >= 11 is 0. The van der Waals surface area contributed by atoms with Crippen molar-refractivity contribution in [2.24, 2.45) is 29.6 Å². The highest BCUT2D eigenvalue weighted by Crippen LogP contribution is 2.37. The number of hydrogen-bond acceptors (Lipinski definition) is 31. The van der Waals surface area contributed by atoms with Crippen molar-refractivity contribution < 1.29 is 115 Å². The van der Waals surface area contributed by atoms with Gasteiger partial charge in [0.1, 0.15) is 53.9 Å². The third-order valence-corrected chi connectivity index (χ3v) is 23.6. The number of aliphatic hydroxyl groups is 4. The number of nitrogen functional groups attached to an aromatic ring is 2. The minimum absolute atomic E-state index is 0.00994. The Bertz CT molecular complexity index is 4220. The number of ketones is 2. The topological polar surface area (TPSA) is 462 Å². The predicted molar refractivity (Wildman–Crippen MR) is 464 cm³/mol. The molecule has 34 heteroatoms. The lowest BCUT2D eigenvalue weighted by Gasteiger charge is -2.40. The number of fused-ring (bicyclic) bond motifs is 5. The Hall–Kier alpha value is -8.56. The number of Topliss-reactive ketones (excluding diaryl/α,β-unsaturated/α-hetero) is 2. The fraction of sp³-hybridized carbons (Fsp3) is 0.648. The lowest BCUT2D eigenvalue weighted by atomic mass is 9.81. The SMILES string of the molecule is CO[C@H]1CC2CC[C@@H](C)C(=O)C(O)(O2)C(=O)N2CCCC[C@H]2C(=O)O[C@H](CC[C@@H]2CC[C@@H](OC(=O)NCCOCCOCCOCCOCCOCCOCCOCCOCCC(=O)N3CCc4cc(CNc5ncnc(N)c5C(=N)c5ccc6oc(N)nc6c5)ccc4C3)[C@H](OC)C2)C[C@@H](O)[C@H](C)/C=C(\C)[C@@H](O)[C@@H](O)C(=O)[C@H](C)C[C@H](C)/C=C/C=C/C=C/1C. The lowest BCUT2D eigenvalue weighted by molar-refractivity contribution is -0.231. The quantitative estimate of drug-likeness (QED) is 0.00673. The maximum Gasteiger partial charge on any atom is 0.407 e. The van der Waals surface area contributed by atoms with E-state index in [9.17, 15) is 49.2 Å². The zero-order valence-electron chi connectivity index (χ0n) is 73.9. The number of benzene rings is 2.